The first kappa shape index (κ1) is 10.3. The third kappa shape index (κ3) is 1.78. The zero-order valence-corrected chi connectivity index (χ0v) is 12.0. The Morgan fingerprint density at radius 3 is 3.00 bits per heavy atom. The van der Waals surface area contributed by atoms with E-state index in [4.69, 9.17) is 0 Å². The van der Waals surface area contributed by atoms with Crippen molar-refractivity contribution in [1.29, 1.82) is 0 Å². The van der Waals surface area contributed by atoms with E-state index in [2.05, 4.69) is 68.7 Å². The second-order valence-electron chi connectivity index (χ2n) is 2.67. The fourth-order valence-corrected chi connectivity index (χ4v) is 4.07. The summed E-state index contributed by atoms with van der Waals surface area (Å²) < 4.78 is 2.61. The highest BCUT2D eigenvalue weighted by Crippen LogP contribution is 2.34. The minimum absolute atomic E-state index is 0.869. The molecule has 0 nitrogen and oxygen atoms in total. The predicted octanol–water partition coefficient (Wildman–Crippen LogP) is 4.69. The maximum Gasteiger partial charge on any atom is 0.0487 e. The van der Waals surface area contributed by atoms with Crippen molar-refractivity contribution in [3.63, 3.8) is 0 Å². The van der Waals surface area contributed by atoms with Gasteiger partial charge >= 0.3 is 0 Å². The molecular formula is C9H6BrIS2. The van der Waals surface area contributed by atoms with E-state index in [0.29, 0.717) is 0 Å². The van der Waals surface area contributed by atoms with Crippen LogP contribution in [0.15, 0.2) is 22.4 Å². The van der Waals surface area contributed by atoms with Gasteiger partial charge in [0, 0.05) is 18.5 Å². The average molecular weight is 385 g/mol. The molecule has 0 saturated heterocycles. The first-order chi connectivity index (χ1) is 6.24. The van der Waals surface area contributed by atoms with Crippen LogP contribution in [-0.2, 0) is 5.33 Å². The number of thiol groups is 1. The molecule has 0 amide bonds. The molecular weight excluding hydrogens is 379 g/mol. The number of benzene rings is 1. The van der Waals surface area contributed by atoms with E-state index in [0.717, 1.165) is 10.2 Å². The van der Waals surface area contributed by atoms with Crippen LogP contribution < -0.4 is 0 Å². The summed E-state index contributed by atoms with van der Waals surface area (Å²) in [6, 6.07) is 4.35. The number of alkyl halides is 1. The van der Waals surface area contributed by atoms with Crippen LogP contribution in [0.25, 0.3) is 10.1 Å². The Labute approximate surface area is 108 Å². The number of halogens is 2. The largest absolute Gasteiger partial charge is 0.143 e. The smallest absolute Gasteiger partial charge is 0.0487 e. The van der Waals surface area contributed by atoms with Gasteiger partial charge in [0.15, 0.2) is 0 Å². The van der Waals surface area contributed by atoms with Gasteiger partial charge in [-0.25, -0.2) is 0 Å². The van der Waals surface area contributed by atoms with Crippen LogP contribution in [-0.4, -0.2) is 0 Å². The molecule has 0 fully saturated rings. The standard InChI is InChI=1S/C9H6BrIS2/c10-4-6-3-5-1-2-13-9(5)7(11)8(6)12/h1-3,12H,4H2. The molecule has 0 aliphatic rings. The first-order valence-electron chi connectivity index (χ1n) is 3.67. The third-order valence-electron chi connectivity index (χ3n) is 1.88. The molecule has 0 spiro atoms. The first-order valence-corrected chi connectivity index (χ1v) is 7.20. The maximum atomic E-state index is 4.51. The summed E-state index contributed by atoms with van der Waals surface area (Å²) in [6.45, 7) is 0. The molecule has 0 unspecified atom stereocenters. The van der Waals surface area contributed by atoms with Crippen molar-refractivity contribution in [3.05, 3.63) is 26.6 Å². The van der Waals surface area contributed by atoms with Crippen LogP contribution in [0.3, 0.4) is 0 Å². The van der Waals surface area contributed by atoms with Gasteiger partial charge in [0.1, 0.15) is 0 Å². The van der Waals surface area contributed by atoms with Gasteiger partial charge in [0.05, 0.1) is 0 Å². The molecule has 4 heteroatoms. The van der Waals surface area contributed by atoms with Crippen LogP contribution in [0.2, 0.25) is 0 Å². The van der Waals surface area contributed by atoms with Crippen LogP contribution in [0.5, 0.6) is 0 Å². The van der Waals surface area contributed by atoms with Crippen molar-refractivity contribution < 1.29 is 0 Å². The molecule has 0 bridgehead atoms. The summed E-state index contributed by atoms with van der Waals surface area (Å²) in [6.07, 6.45) is 0. The van der Waals surface area contributed by atoms with Gasteiger partial charge < -0.3 is 0 Å². The fourth-order valence-electron chi connectivity index (χ4n) is 1.22. The zero-order valence-electron chi connectivity index (χ0n) is 6.55. The van der Waals surface area contributed by atoms with Crippen molar-refractivity contribution in [2.24, 2.45) is 0 Å². The summed E-state index contributed by atoms with van der Waals surface area (Å²) in [5.74, 6) is 0. The van der Waals surface area contributed by atoms with E-state index < -0.39 is 0 Å². The van der Waals surface area contributed by atoms with Gasteiger partial charge in [-0.05, 0) is 51.1 Å². The van der Waals surface area contributed by atoms with Crippen LogP contribution >= 0.6 is 62.5 Å². The molecule has 0 radical (unpaired) electrons. The topological polar surface area (TPSA) is 0 Å². The van der Waals surface area contributed by atoms with Crippen molar-refractivity contribution in [1.82, 2.24) is 0 Å². The number of thiophene rings is 1. The Balaban J connectivity index is 2.83. The van der Waals surface area contributed by atoms with E-state index in [1.54, 1.807) is 11.3 Å². The van der Waals surface area contributed by atoms with Gasteiger partial charge in [0.25, 0.3) is 0 Å². The van der Waals surface area contributed by atoms with E-state index >= 15 is 0 Å². The normalized spacial score (nSPS) is 11.0. The molecule has 13 heavy (non-hydrogen) atoms. The van der Waals surface area contributed by atoms with Gasteiger partial charge in [0.2, 0.25) is 0 Å². The Kier molecular flexibility index (Phi) is 3.22. The lowest BCUT2D eigenvalue weighted by atomic mass is 10.2. The molecule has 0 aliphatic carbocycles. The molecule has 0 N–H and O–H groups in total. The Morgan fingerprint density at radius 2 is 2.31 bits per heavy atom. The van der Waals surface area contributed by atoms with Crippen molar-refractivity contribution in [3.8, 4) is 0 Å². The molecule has 1 aromatic heterocycles. The number of fused-ring (bicyclic) bond motifs is 1. The molecule has 1 heterocycles. The van der Waals surface area contributed by atoms with Crippen LogP contribution in [0.1, 0.15) is 5.56 Å². The van der Waals surface area contributed by atoms with Gasteiger partial charge in [-0.3, -0.25) is 0 Å². The van der Waals surface area contributed by atoms with Gasteiger partial charge in [-0.15, -0.1) is 24.0 Å². The fraction of sp³-hybridized carbons (Fsp3) is 0.111. The monoisotopic (exact) mass is 384 g/mol. The minimum atomic E-state index is 0.869. The second-order valence-corrected chi connectivity index (χ2v) is 5.67. The number of hydrogen-bond donors (Lipinski definition) is 1. The second kappa shape index (κ2) is 4.08. The van der Waals surface area contributed by atoms with Crippen molar-refractivity contribution in [2.45, 2.75) is 10.2 Å². The van der Waals surface area contributed by atoms with Crippen LogP contribution in [0.4, 0.5) is 0 Å². The Hall–Kier alpha value is 0.740. The molecule has 2 rings (SSSR count). The predicted molar refractivity (Wildman–Crippen MR) is 74.4 cm³/mol. The maximum absolute atomic E-state index is 4.51. The summed E-state index contributed by atoms with van der Waals surface area (Å²) in [4.78, 5) is 1.10. The minimum Gasteiger partial charge on any atom is -0.143 e. The number of hydrogen-bond acceptors (Lipinski definition) is 2. The van der Waals surface area contributed by atoms with E-state index in [1.165, 1.54) is 19.2 Å². The Bertz CT molecular complexity index is 450. The highest BCUT2D eigenvalue weighted by atomic mass is 127. The van der Waals surface area contributed by atoms with Crippen molar-refractivity contribution >= 4 is 72.6 Å². The third-order valence-corrected chi connectivity index (χ3v) is 5.81. The molecule has 68 valence electrons. The van der Waals surface area contributed by atoms with Crippen molar-refractivity contribution in [2.75, 3.05) is 0 Å². The summed E-state index contributed by atoms with van der Waals surface area (Å²) >= 11 is 12.1. The summed E-state index contributed by atoms with van der Waals surface area (Å²) in [7, 11) is 0. The van der Waals surface area contributed by atoms with E-state index in [-0.39, 0.29) is 0 Å². The van der Waals surface area contributed by atoms with Gasteiger partial charge in [-0.2, -0.15) is 0 Å². The lowest BCUT2D eigenvalue weighted by molar-refractivity contribution is 1.29. The molecule has 0 aliphatic heterocycles. The number of rotatable bonds is 1. The Morgan fingerprint density at radius 1 is 1.54 bits per heavy atom. The highest BCUT2D eigenvalue weighted by Gasteiger charge is 2.08. The average Bonchev–Trinajstić information content (AvgIpc) is 2.59. The quantitative estimate of drug-likeness (QED) is 0.411. The lowest BCUT2D eigenvalue weighted by Gasteiger charge is -2.04. The summed E-state index contributed by atoms with van der Waals surface area (Å²) in [5.41, 5.74) is 1.26. The van der Waals surface area contributed by atoms with Crippen LogP contribution in [0, 0.1) is 3.57 Å². The van der Waals surface area contributed by atoms with Gasteiger partial charge in [-0.1, -0.05) is 15.9 Å². The lowest BCUT2D eigenvalue weighted by Crippen LogP contribution is -1.84. The SMILES string of the molecule is Sc1c(CBr)cc2ccsc2c1I. The molecule has 1 aromatic carbocycles. The van der Waals surface area contributed by atoms with E-state index in [1.807, 2.05) is 0 Å². The molecule has 0 atom stereocenters. The molecule has 0 saturated carbocycles. The zero-order chi connectivity index (χ0) is 9.42. The highest BCUT2D eigenvalue weighted by molar-refractivity contribution is 14.1. The molecule has 2 aromatic rings. The van der Waals surface area contributed by atoms with E-state index in [9.17, 15) is 0 Å². The summed E-state index contributed by atoms with van der Waals surface area (Å²) in [5, 5.41) is 4.31.